The summed E-state index contributed by atoms with van der Waals surface area (Å²) in [4.78, 5) is 12.2. The highest BCUT2D eigenvalue weighted by molar-refractivity contribution is 5.93. The summed E-state index contributed by atoms with van der Waals surface area (Å²) in [6, 6.07) is 11.9. The van der Waals surface area contributed by atoms with Crippen LogP contribution in [0.25, 0.3) is 11.3 Å². The Kier molecular flexibility index (Phi) is 6.85. The van der Waals surface area contributed by atoms with E-state index in [4.69, 9.17) is 0 Å². The molecule has 1 aromatic heterocycles. The van der Waals surface area contributed by atoms with Crippen molar-refractivity contribution < 1.29 is 4.79 Å². The van der Waals surface area contributed by atoms with E-state index in [1.165, 1.54) is 32.1 Å². The molecule has 0 aliphatic carbocycles. The highest BCUT2D eigenvalue weighted by Gasteiger charge is 2.13. The lowest BCUT2D eigenvalue weighted by Crippen LogP contribution is -2.24. The number of benzene rings is 1. The molecule has 0 radical (unpaired) electrons. The van der Waals surface area contributed by atoms with Crippen molar-refractivity contribution in [3.8, 4) is 11.3 Å². The summed E-state index contributed by atoms with van der Waals surface area (Å²) in [7, 11) is 1.87. The van der Waals surface area contributed by atoms with Crippen molar-refractivity contribution in [1.29, 1.82) is 0 Å². The fourth-order valence-electron chi connectivity index (χ4n) is 2.66. The lowest BCUT2D eigenvalue weighted by Gasteiger charge is -2.03. The molecule has 124 valence electrons. The maximum atomic E-state index is 12.2. The van der Waals surface area contributed by atoms with Gasteiger partial charge in [0.1, 0.15) is 0 Å². The van der Waals surface area contributed by atoms with Crippen molar-refractivity contribution in [3.05, 3.63) is 42.1 Å². The Morgan fingerprint density at radius 3 is 2.52 bits per heavy atom. The van der Waals surface area contributed by atoms with Gasteiger partial charge in [0.05, 0.1) is 5.69 Å². The summed E-state index contributed by atoms with van der Waals surface area (Å²) in [6.07, 6.45) is 7.34. The van der Waals surface area contributed by atoms with Crippen molar-refractivity contribution in [3.63, 3.8) is 0 Å². The van der Waals surface area contributed by atoms with Crippen molar-refractivity contribution in [2.24, 2.45) is 7.05 Å². The number of aryl methyl sites for hydroxylation is 1. The number of carbonyl (C=O) groups is 1. The molecule has 1 aromatic carbocycles. The van der Waals surface area contributed by atoms with E-state index < -0.39 is 0 Å². The molecule has 0 saturated carbocycles. The van der Waals surface area contributed by atoms with E-state index in [0.29, 0.717) is 5.69 Å². The van der Waals surface area contributed by atoms with Gasteiger partial charge < -0.3 is 5.32 Å². The van der Waals surface area contributed by atoms with Gasteiger partial charge in [0.2, 0.25) is 0 Å². The Bertz CT molecular complexity index is 604. The number of unbranched alkanes of at least 4 members (excludes halogenated alkanes) is 5. The molecule has 1 heterocycles. The highest BCUT2D eigenvalue weighted by Crippen LogP contribution is 2.19. The second-order valence-corrected chi connectivity index (χ2v) is 5.93. The molecule has 23 heavy (non-hydrogen) atoms. The van der Waals surface area contributed by atoms with Gasteiger partial charge in [-0.25, -0.2) is 0 Å². The van der Waals surface area contributed by atoms with E-state index in [0.717, 1.165) is 24.2 Å². The zero-order valence-corrected chi connectivity index (χ0v) is 14.2. The molecular formula is C19H27N3O. The lowest BCUT2D eigenvalue weighted by atomic mass is 10.1. The van der Waals surface area contributed by atoms with Gasteiger partial charge in [0.15, 0.2) is 5.69 Å². The minimum absolute atomic E-state index is 0.0867. The van der Waals surface area contributed by atoms with E-state index in [-0.39, 0.29) is 5.91 Å². The quantitative estimate of drug-likeness (QED) is 0.706. The van der Waals surface area contributed by atoms with E-state index >= 15 is 0 Å². The monoisotopic (exact) mass is 313 g/mol. The summed E-state index contributed by atoms with van der Waals surface area (Å²) in [5.74, 6) is -0.0867. The molecule has 0 aliphatic rings. The van der Waals surface area contributed by atoms with Gasteiger partial charge >= 0.3 is 0 Å². The van der Waals surface area contributed by atoms with Gasteiger partial charge in [-0.1, -0.05) is 69.4 Å². The molecule has 0 atom stereocenters. The molecule has 0 fully saturated rings. The summed E-state index contributed by atoms with van der Waals surface area (Å²) in [5, 5.41) is 7.30. The molecule has 1 N–H and O–H groups in total. The summed E-state index contributed by atoms with van der Waals surface area (Å²) in [5.41, 5.74) is 2.50. The van der Waals surface area contributed by atoms with Crippen LogP contribution in [-0.2, 0) is 7.05 Å². The van der Waals surface area contributed by atoms with Crippen LogP contribution >= 0.6 is 0 Å². The maximum Gasteiger partial charge on any atom is 0.271 e. The van der Waals surface area contributed by atoms with Gasteiger partial charge in [0.25, 0.3) is 5.91 Å². The third kappa shape index (κ3) is 5.23. The van der Waals surface area contributed by atoms with E-state index in [9.17, 15) is 4.79 Å². The number of aromatic nitrogens is 2. The fourth-order valence-corrected chi connectivity index (χ4v) is 2.66. The molecule has 2 rings (SSSR count). The first kappa shape index (κ1) is 17.3. The Labute approximate surface area is 138 Å². The number of hydrogen-bond acceptors (Lipinski definition) is 2. The van der Waals surface area contributed by atoms with Crippen LogP contribution < -0.4 is 5.32 Å². The molecule has 1 amide bonds. The fraction of sp³-hybridized carbons (Fsp3) is 0.474. The molecule has 4 nitrogen and oxygen atoms in total. The topological polar surface area (TPSA) is 46.9 Å². The van der Waals surface area contributed by atoms with Crippen molar-refractivity contribution >= 4 is 5.91 Å². The van der Waals surface area contributed by atoms with Gasteiger partial charge in [-0.2, -0.15) is 5.10 Å². The van der Waals surface area contributed by atoms with Crippen LogP contribution in [0.15, 0.2) is 36.4 Å². The Hall–Kier alpha value is -2.10. The van der Waals surface area contributed by atoms with Crippen LogP contribution in [0.4, 0.5) is 0 Å². The lowest BCUT2D eigenvalue weighted by molar-refractivity contribution is 0.0947. The van der Waals surface area contributed by atoms with Crippen LogP contribution in [0.5, 0.6) is 0 Å². The summed E-state index contributed by atoms with van der Waals surface area (Å²) in [6.45, 7) is 2.94. The second-order valence-electron chi connectivity index (χ2n) is 5.93. The standard InChI is InChI=1S/C19H27N3O/c1-3-4-5-6-7-11-14-20-19(23)17-15-18(22(2)21-17)16-12-9-8-10-13-16/h8-10,12-13,15H,3-7,11,14H2,1-2H3,(H,20,23). The Balaban J connectivity index is 1.82. The smallest absolute Gasteiger partial charge is 0.271 e. The average molecular weight is 313 g/mol. The minimum atomic E-state index is -0.0867. The first-order valence-electron chi connectivity index (χ1n) is 8.60. The Morgan fingerprint density at radius 1 is 1.09 bits per heavy atom. The van der Waals surface area contributed by atoms with Gasteiger partial charge in [-0.3, -0.25) is 9.48 Å². The number of hydrogen-bond donors (Lipinski definition) is 1. The SMILES string of the molecule is CCCCCCCCNC(=O)c1cc(-c2ccccc2)n(C)n1. The molecule has 0 bridgehead atoms. The van der Waals surface area contributed by atoms with Crippen LogP contribution in [0, 0.1) is 0 Å². The van der Waals surface area contributed by atoms with Crippen LogP contribution in [0.2, 0.25) is 0 Å². The van der Waals surface area contributed by atoms with Gasteiger partial charge in [-0.05, 0) is 18.1 Å². The normalized spacial score (nSPS) is 10.7. The number of amides is 1. The largest absolute Gasteiger partial charge is 0.351 e. The van der Waals surface area contributed by atoms with Crippen molar-refractivity contribution in [1.82, 2.24) is 15.1 Å². The molecule has 0 saturated heterocycles. The molecule has 0 unspecified atom stereocenters. The third-order valence-electron chi connectivity index (χ3n) is 4.00. The maximum absolute atomic E-state index is 12.2. The zero-order valence-electron chi connectivity index (χ0n) is 14.2. The first-order chi connectivity index (χ1) is 11.2. The molecule has 2 aromatic rings. The summed E-state index contributed by atoms with van der Waals surface area (Å²) >= 11 is 0. The first-order valence-corrected chi connectivity index (χ1v) is 8.60. The molecule has 0 aliphatic heterocycles. The predicted molar refractivity (Wildman–Crippen MR) is 94.4 cm³/mol. The van der Waals surface area contributed by atoms with E-state index in [1.807, 2.05) is 43.4 Å². The highest BCUT2D eigenvalue weighted by atomic mass is 16.1. The van der Waals surface area contributed by atoms with Crippen LogP contribution in [0.3, 0.4) is 0 Å². The predicted octanol–water partition coefficient (Wildman–Crippen LogP) is 4.18. The zero-order chi connectivity index (χ0) is 16.5. The minimum Gasteiger partial charge on any atom is -0.351 e. The van der Waals surface area contributed by atoms with Crippen LogP contribution in [-0.4, -0.2) is 22.2 Å². The van der Waals surface area contributed by atoms with Gasteiger partial charge in [-0.15, -0.1) is 0 Å². The van der Waals surface area contributed by atoms with Gasteiger partial charge in [0, 0.05) is 13.6 Å². The van der Waals surface area contributed by atoms with E-state index in [2.05, 4.69) is 17.3 Å². The average Bonchev–Trinajstić information content (AvgIpc) is 2.96. The van der Waals surface area contributed by atoms with Crippen molar-refractivity contribution in [2.45, 2.75) is 45.4 Å². The van der Waals surface area contributed by atoms with Crippen LogP contribution in [0.1, 0.15) is 55.9 Å². The number of carbonyl (C=O) groups excluding carboxylic acids is 1. The third-order valence-corrected chi connectivity index (χ3v) is 4.00. The summed E-state index contributed by atoms with van der Waals surface area (Å²) < 4.78 is 1.76. The van der Waals surface area contributed by atoms with E-state index in [1.54, 1.807) is 4.68 Å². The molecule has 4 heteroatoms. The number of nitrogens with zero attached hydrogens (tertiary/aromatic N) is 2. The number of rotatable bonds is 9. The molecule has 0 spiro atoms. The Morgan fingerprint density at radius 2 is 1.78 bits per heavy atom. The molecular weight excluding hydrogens is 286 g/mol. The second kappa shape index (κ2) is 9.13. The van der Waals surface area contributed by atoms with Crippen molar-refractivity contribution in [2.75, 3.05) is 6.54 Å². The number of nitrogens with one attached hydrogen (secondary N) is 1.